The first-order valence-electron chi connectivity index (χ1n) is 9.93. The molecule has 0 amide bonds. The Morgan fingerprint density at radius 2 is 1.66 bits per heavy atom. The summed E-state index contributed by atoms with van der Waals surface area (Å²) in [6, 6.07) is 23.2. The first-order valence-corrected chi connectivity index (χ1v) is 9.93. The number of para-hydroxylation sites is 1. The van der Waals surface area contributed by atoms with Crippen LogP contribution in [-0.2, 0) is 0 Å². The fourth-order valence-electron chi connectivity index (χ4n) is 3.56. The van der Waals surface area contributed by atoms with Crippen LogP contribution in [0, 0.1) is 0 Å². The lowest BCUT2D eigenvalue weighted by Crippen LogP contribution is -2.02. The predicted molar refractivity (Wildman–Crippen MR) is 117 cm³/mol. The summed E-state index contributed by atoms with van der Waals surface area (Å²) in [6.07, 6.45) is 1.09. The Bertz CT molecular complexity index is 1140. The van der Waals surface area contributed by atoms with Crippen LogP contribution in [0.2, 0.25) is 0 Å². The number of ketones is 1. The van der Waals surface area contributed by atoms with Crippen LogP contribution >= 0.6 is 0 Å². The van der Waals surface area contributed by atoms with Gasteiger partial charge in [0.1, 0.15) is 17.1 Å². The normalized spacial score (nSPS) is 12.1. The van der Waals surface area contributed by atoms with Crippen molar-refractivity contribution in [2.75, 3.05) is 7.11 Å². The van der Waals surface area contributed by atoms with E-state index in [2.05, 4.69) is 26.0 Å². The van der Waals surface area contributed by atoms with E-state index >= 15 is 0 Å². The molecule has 0 radical (unpaired) electrons. The molecular formula is C26H24O3. The molecule has 0 N–H and O–H groups in total. The number of ether oxygens (including phenoxy) is 1. The van der Waals surface area contributed by atoms with Crippen molar-refractivity contribution >= 4 is 16.8 Å². The Hall–Kier alpha value is -3.33. The highest BCUT2D eigenvalue weighted by atomic mass is 16.5. The average Bonchev–Trinajstić information content (AvgIpc) is 3.17. The Kier molecular flexibility index (Phi) is 5.22. The zero-order chi connectivity index (χ0) is 20.4. The molecule has 3 heteroatoms. The topological polar surface area (TPSA) is 39.4 Å². The molecule has 4 aromatic rings. The summed E-state index contributed by atoms with van der Waals surface area (Å²) in [5.41, 5.74) is 4.11. The Morgan fingerprint density at radius 3 is 2.31 bits per heavy atom. The van der Waals surface area contributed by atoms with Crippen LogP contribution < -0.4 is 4.74 Å². The van der Waals surface area contributed by atoms with Gasteiger partial charge in [0.05, 0.1) is 12.7 Å². The second-order valence-corrected chi connectivity index (χ2v) is 7.29. The molecule has 1 atom stereocenters. The lowest BCUT2D eigenvalue weighted by molar-refractivity contribution is 0.104. The minimum absolute atomic E-state index is 0.0568. The van der Waals surface area contributed by atoms with Gasteiger partial charge < -0.3 is 9.15 Å². The number of hydrogen-bond donors (Lipinski definition) is 0. The summed E-state index contributed by atoms with van der Waals surface area (Å²) in [5.74, 6) is 1.78. The summed E-state index contributed by atoms with van der Waals surface area (Å²) in [6.45, 7) is 4.40. The monoisotopic (exact) mass is 384 g/mol. The van der Waals surface area contributed by atoms with Gasteiger partial charge in [-0.25, -0.2) is 0 Å². The van der Waals surface area contributed by atoms with Gasteiger partial charge in [0.15, 0.2) is 5.78 Å². The Morgan fingerprint density at radius 1 is 0.966 bits per heavy atom. The van der Waals surface area contributed by atoms with Crippen molar-refractivity contribution in [3.05, 3.63) is 89.5 Å². The lowest BCUT2D eigenvalue weighted by atomic mass is 9.94. The number of hydrogen-bond acceptors (Lipinski definition) is 3. The van der Waals surface area contributed by atoms with E-state index in [9.17, 15) is 4.79 Å². The van der Waals surface area contributed by atoms with Crippen molar-refractivity contribution in [3.8, 4) is 17.1 Å². The third kappa shape index (κ3) is 3.56. The molecule has 0 bridgehead atoms. The van der Waals surface area contributed by atoms with Crippen LogP contribution in [0.15, 0.2) is 77.2 Å². The van der Waals surface area contributed by atoms with E-state index in [4.69, 9.17) is 9.15 Å². The molecule has 0 fully saturated rings. The molecule has 0 saturated heterocycles. The van der Waals surface area contributed by atoms with Gasteiger partial charge in [-0.2, -0.15) is 0 Å². The zero-order valence-electron chi connectivity index (χ0n) is 16.9. The van der Waals surface area contributed by atoms with Crippen LogP contribution in [0.3, 0.4) is 0 Å². The molecule has 1 heterocycles. The Labute approximate surface area is 170 Å². The SMILES string of the molecule is CCC(C)c1ccc(-c2oc3ccccc3c2C(=O)c2ccc(OC)cc2)cc1. The largest absolute Gasteiger partial charge is 0.497 e. The third-order valence-electron chi connectivity index (χ3n) is 5.53. The minimum atomic E-state index is -0.0568. The number of carbonyl (C=O) groups is 1. The van der Waals surface area contributed by atoms with Gasteiger partial charge in [0, 0.05) is 16.5 Å². The molecule has 3 nitrogen and oxygen atoms in total. The summed E-state index contributed by atoms with van der Waals surface area (Å²) in [5, 5.41) is 0.828. The molecule has 3 aromatic carbocycles. The van der Waals surface area contributed by atoms with Crippen molar-refractivity contribution in [1.82, 2.24) is 0 Å². The fraction of sp³-hybridized carbons (Fsp3) is 0.192. The number of benzene rings is 3. The lowest BCUT2D eigenvalue weighted by Gasteiger charge is -2.10. The summed E-state index contributed by atoms with van der Waals surface area (Å²) in [7, 11) is 1.61. The van der Waals surface area contributed by atoms with Gasteiger partial charge in [0.2, 0.25) is 0 Å². The number of furan rings is 1. The standard InChI is InChI=1S/C26H24O3/c1-4-17(2)18-9-11-20(12-10-18)26-24(22-7-5-6-8-23(22)29-26)25(27)19-13-15-21(28-3)16-14-19/h5-17H,4H2,1-3H3. The van der Waals surface area contributed by atoms with E-state index < -0.39 is 0 Å². The van der Waals surface area contributed by atoms with Crippen LogP contribution in [-0.4, -0.2) is 12.9 Å². The van der Waals surface area contributed by atoms with Crippen molar-refractivity contribution in [2.24, 2.45) is 0 Å². The van der Waals surface area contributed by atoms with Crippen molar-refractivity contribution in [3.63, 3.8) is 0 Å². The van der Waals surface area contributed by atoms with E-state index in [0.29, 0.717) is 28.4 Å². The minimum Gasteiger partial charge on any atom is -0.497 e. The number of carbonyl (C=O) groups excluding carboxylic acids is 1. The van der Waals surface area contributed by atoms with Crippen molar-refractivity contribution in [2.45, 2.75) is 26.2 Å². The number of rotatable bonds is 6. The third-order valence-corrected chi connectivity index (χ3v) is 5.53. The van der Waals surface area contributed by atoms with Gasteiger partial charge in [-0.05, 0) is 48.2 Å². The predicted octanol–water partition coefficient (Wildman–Crippen LogP) is 6.85. The molecule has 1 aromatic heterocycles. The fourth-order valence-corrected chi connectivity index (χ4v) is 3.56. The summed E-state index contributed by atoms with van der Waals surface area (Å²) in [4.78, 5) is 13.4. The van der Waals surface area contributed by atoms with Crippen LogP contribution in [0.25, 0.3) is 22.3 Å². The zero-order valence-corrected chi connectivity index (χ0v) is 16.9. The quantitative estimate of drug-likeness (QED) is 0.341. The highest BCUT2D eigenvalue weighted by Gasteiger charge is 2.23. The molecule has 0 aliphatic carbocycles. The molecular weight excluding hydrogens is 360 g/mol. The maximum absolute atomic E-state index is 13.4. The number of fused-ring (bicyclic) bond motifs is 1. The molecule has 0 spiro atoms. The molecule has 146 valence electrons. The highest BCUT2D eigenvalue weighted by molar-refractivity contribution is 6.19. The molecule has 0 saturated carbocycles. The molecule has 4 rings (SSSR count). The van der Waals surface area contributed by atoms with Crippen LogP contribution in [0.4, 0.5) is 0 Å². The smallest absolute Gasteiger partial charge is 0.197 e. The van der Waals surface area contributed by atoms with Crippen molar-refractivity contribution in [1.29, 1.82) is 0 Å². The second-order valence-electron chi connectivity index (χ2n) is 7.29. The van der Waals surface area contributed by atoms with Gasteiger partial charge in [-0.15, -0.1) is 0 Å². The van der Waals surface area contributed by atoms with E-state index in [0.717, 1.165) is 23.1 Å². The highest BCUT2D eigenvalue weighted by Crippen LogP contribution is 2.36. The molecule has 29 heavy (non-hydrogen) atoms. The van der Waals surface area contributed by atoms with Crippen LogP contribution in [0.1, 0.15) is 47.7 Å². The van der Waals surface area contributed by atoms with Gasteiger partial charge in [-0.1, -0.05) is 56.3 Å². The molecule has 0 aliphatic rings. The Balaban J connectivity index is 1.83. The van der Waals surface area contributed by atoms with E-state index in [1.54, 1.807) is 31.4 Å². The van der Waals surface area contributed by atoms with Gasteiger partial charge >= 0.3 is 0 Å². The van der Waals surface area contributed by atoms with E-state index in [1.165, 1.54) is 5.56 Å². The first-order chi connectivity index (χ1) is 14.1. The first kappa shape index (κ1) is 19.0. The van der Waals surface area contributed by atoms with Crippen LogP contribution in [0.5, 0.6) is 5.75 Å². The van der Waals surface area contributed by atoms with Gasteiger partial charge in [0.25, 0.3) is 0 Å². The summed E-state index contributed by atoms with van der Waals surface area (Å²) < 4.78 is 11.4. The second kappa shape index (κ2) is 7.96. The van der Waals surface area contributed by atoms with E-state index in [-0.39, 0.29) is 5.78 Å². The average molecular weight is 384 g/mol. The maximum Gasteiger partial charge on any atom is 0.197 e. The molecule has 1 unspecified atom stereocenters. The summed E-state index contributed by atoms with van der Waals surface area (Å²) >= 11 is 0. The van der Waals surface area contributed by atoms with Gasteiger partial charge in [-0.3, -0.25) is 4.79 Å². The van der Waals surface area contributed by atoms with Crippen molar-refractivity contribution < 1.29 is 13.9 Å². The number of methoxy groups -OCH3 is 1. The molecule has 0 aliphatic heterocycles. The van der Waals surface area contributed by atoms with E-state index in [1.807, 2.05) is 36.4 Å². The maximum atomic E-state index is 13.4.